The summed E-state index contributed by atoms with van der Waals surface area (Å²) in [5.74, 6) is 2.20. The molecule has 1 fully saturated rings. The number of pyridine rings is 1. The van der Waals surface area contributed by atoms with Gasteiger partial charge in [0.05, 0.1) is 19.8 Å². The number of carbonyl (C=O) groups is 1. The number of methoxy groups -OCH3 is 2. The van der Waals surface area contributed by atoms with Gasteiger partial charge in [-0.3, -0.25) is 9.78 Å². The number of carbonyl (C=O) groups excluding carboxylic acids is 1. The van der Waals surface area contributed by atoms with Crippen molar-refractivity contribution in [2.75, 3.05) is 59.3 Å². The zero-order valence-electron chi connectivity index (χ0n) is 27.9. The third-order valence-corrected chi connectivity index (χ3v) is 9.13. The molecule has 3 aromatic carbocycles. The van der Waals surface area contributed by atoms with E-state index in [1.165, 1.54) is 22.2 Å². The average Bonchev–Trinajstić information content (AvgIpc) is 3.33. The Bertz CT molecular complexity index is 1840. The zero-order valence-corrected chi connectivity index (χ0v) is 27.9. The highest BCUT2D eigenvalue weighted by molar-refractivity contribution is 6.05. The van der Waals surface area contributed by atoms with E-state index in [-0.39, 0.29) is 5.91 Å². The molecule has 6 rings (SSSR count). The Kier molecular flexibility index (Phi) is 9.75. The number of anilines is 1. The van der Waals surface area contributed by atoms with Crippen LogP contribution >= 0.6 is 0 Å². The van der Waals surface area contributed by atoms with Crippen molar-refractivity contribution in [1.29, 1.82) is 0 Å². The molecule has 47 heavy (non-hydrogen) atoms. The van der Waals surface area contributed by atoms with Crippen molar-refractivity contribution in [3.63, 3.8) is 0 Å². The van der Waals surface area contributed by atoms with Crippen LogP contribution in [0.15, 0.2) is 79.1 Å². The molecule has 2 aromatic heterocycles. The van der Waals surface area contributed by atoms with Crippen molar-refractivity contribution in [3.8, 4) is 34.1 Å². The monoisotopic (exact) mass is 633 g/mol. The maximum atomic E-state index is 13.4. The van der Waals surface area contributed by atoms with E-state index in [0.29, 0.717) is 28.5 Å². The van der Waals surface area contributed by atoms with Crippen LogP contribution in [-0.4, -0.2) is 79.2 Å². The summed E-state index contributed by atoms with van der Waals surface area (Å²) in [4.78, 5) is 22.4. The predicted molar refractivity (Wildman–Crippen MR) is 187 cm³/mol. The van der Waals surface area contributed by atoms with E-state index in [1.54, 1.807) is 50.9 Å². The maximum Gasteiger partial charge on any atom is 0.255 e. The second-order valence-electron chi connectivity index (χ2n) is 12.1. The fourth-order valence-electron chi connectivity index (χ4n) is 6.33. The van der Waals surface area contributed by atoms with E-state index >= 15 is 0 Å². The zero-order chi connectivity index (χ0) is 32.9. The van der Waals surface area contributed by atoms with E-state index in [9.17, 15) is 4.79 Å². The van der Waals surface area contributed by atoms with Crippen LogP contribution in [0.4, 0.5) is 5.69 Å². The lowest BCUT2D eigenvalue weighted by molar-refractivity contribution is 0.102. The smallest absolute Gasteiger partial charge is 0.255 e. The summed E-state index contributed by atoms with van der Waals surface area (Å²) in [5, 5.41) is 4.17. The van der Waals surface area contributed by atoms with Crippen molar-refractivity contribution in [1.82, 2.24) is 19.4 Å². The number of ether oxygens (including phenoxy) is 3. The highest BCUT2D eigenvalue weighted by Crippen LogP contribution is 2.41. The van der Waals surface area contributed by atoms with Crippen LogP contribution in [0.2, 0.25) is 0 Å². The highest BCUT2D eigenvalue weighted by Gasteiger charge is 2.18. The summed E-state index contributed by atoms with van der Waals surface area (Å²) < 4.78 is 20.1. The molecule has 1 amide bonds. The summed E-state index contributed by atoms with van der Waals surface area (Å²) in [6.07, 6.45) is 4.55. The molecule has 0 aliphatic carbocycles. The fourth-order valence-corrected chi connectivity index (χ4v) is 6.33. The first-order valence-electron chi connectivity index (χ1n) is 16.1. The number of fused-ring (bicyclic) bond motifs is 1. The molecule has 0 radical (unpaired) electrons. The van der Waals surface area contributed by atoms with Gasteiger partial charge in [-0.1, -0.05) is 6.07 Å². The topological polar surface area (TPSA) is 81.1 Å². The van der Waals surface area contributed by atoms with Crippen LogP contribution in [-0.2, 0) is 6.54 Å². The minimum Gasteiger partial charge on any atom is -0.496 e. The number of benzene rings is 3. The number of hydrogen-bond donors (Lipinski definition) is 1. The van der Waals surface area contributed by atoms with E-state index in [1.807, 2.05) is 30.3 Å². The van der Waals surface area contributed by atoms with Gasteiger partial charge in [-0.25, -0.2) is 0 Å². The fraction of sp³-hybridized carbons (Fsp3) is 0.316. The Morgan fingerprint density at radius 1 is 0.851 bits per heavy atom. The lowest BCUT2D eigenvalue weighted by Crippen LogP contribution is -2.44. The second-order valence-corrected chi connectivity index (χ2v) is 12.1. The molecule has 3 heterocycles. The molecule has 0 saturated carbocycles. The summed E-state index contributed by atoms with van der Waals surface area (Å²) >= 11 is 0. The molecule has 9 nitrogen and oxygen atoms in total. The van der Waals surface area contributed by atoms with Crippen LogP contribution in [0, 0.1) is 13.8 Å². The third kappa shape index (κ3) is 7.11. The van der Waals surface area contributed by atoms with E-state index in [4.69, 9.17) is 14.2 Å². The number of aryl methyl sites for hydroxylation is 2. The summed E-state index contributed by atoms with van der Waals surface area (Å²) in [6, 6.07) is 20.8. The van der Waals surface area contributed by atoms with Crippen LogP contribution < -0.4 is 19.5 Å². The number of amides is 1. The second kappa shape index (κ2) is 14.3. The number of piperazine rings is 1. The van der Waals surface area contributed by atoms with Gasteiger partial charge in [0.1, 0.15) is 23.0 Å². The van der Waals surface area contributed by atoms with Crippen LogP contribution in [0.5, 0.6) is 23.0 Å². The van der Waals surface area contributed by atoms with Gasteiger partial charge in [0.2, 0.25) is 0 Å². The van der Waals surface area contributed by atoms with Crippen molar-refractivity contribution >= 4 is 22.5 Å². The van der Waals surface area contributed by atoms with Crippen molar-refractivity contribution in [3.05, 3.63) is 95.9 Å². The molecule has 0 unspecified atom stereocenters. The molecular formula is C38H43N5O4. The molecule has 1 N–H and O–H groups in total. The molecule has 0 spiro atoms. The van der Waals surface area contributed by atoms with Gasteiger partial charge in [0.15, 0.2) is 0 Å². The van der Waals surface area contributed by atoms with E-state index < -0.39 is 0 Å². The molecule has 244 valence electrons. The molecule has 1 aliphatic heterocycles. The predicted octanol–water partition coefficient (Wildman–Crippen LogP) is 7.02. The largest absolute Gasteiger partial charge is 0.496 e. The first-order chi connectivity index (χ1) is 22.8. The minimum atomic E-state index is -0.271. The van der Waals surface area contributed by atoms with Gasteiger partial charge in [-0.05, 0) is 93.5 Å². The van der Waals surface area contributed by atoms with Crippen molar-refractivity contribution < 1.29 is 19.0 Å². The molecule has 0 bridgehead atoms. The van der Waals surface area contributed by atoms with Crippen LogP contribution in [0.1, 0.15) is 28.0 Å². The quantitative estimate of drug-likeness (QED) is 0.167. The number of nitrogens with zero attached hydrogens (tertiary/aromatic N) is 4. The number of likely N-dealkylation sites (N-methyl/N-ethyl adjacent to an activating group) is 1. The molecule has 5 aromatic rings. The third-order valence-electron chi connectivity index (χ3n) is 9.13. The van der Waals surface area contributed by atoms with Gasteiger partial charge in [-0.15, -0.1) is 0 Å². The minimum absolute atomic E-state index is 0.271. The summed E-state index contributed by atoms with van der Waals surface area (Å²) in [5.41, 5.74) is 6.48. The Labute approximate surface area is 276 Å². The number of aromatic nitrogens is 2. The summed E-state index contributed by atoms with van der Waals surface area (Å²) in [7, 11) is 5.38. The highest BCUT2D eigenvalue weighted by atomic mass is 16.5. The van der Waals surface area contributed by atoms with Crippen LogP contribution in [0.3, 0.4) is 0 Å². The van der Waals surface area contributed by atoms with Gasteiger partial charge in [0.25, 0.3) is 5.91 Å². The lowest BCUT2D eigenvalue weighted by atomic mass is 10.0. The Balaban J connectivity index is 1.15. The summed E-state index contributed by atoms with van der Waals surface area (Å²) in [6.45, 7) is 11.1. The SMILES string of the molecule is COc1cc(NC(=O)c2cccc(Oc3ccc4c(c3)c(C)c(C)n4CCCN3CCN(C)CC3)c2)cc(OC)c1-c1ccncc1. The molecule has 1 aliphatic rings. The van der Waals surface area contributed by atoms with E-state index in [0.717, 1.165) is 62.6 Å². The van der Waals surface area contributed by atoms with Crippen molar-refractivity contribution in [2.45, 2.75) is 26.8 Å². The first-order valence-corrected chi connectivity index (χ1v) is 16.1. The number of hydrogen-bond acceptors (Lipinski definition) is 7. The van der Waals surface area contributed by atoms with Gasteiger partial charge < -0.3 is 33.9 Å². The van der Waals surface area contributed by atoms with Crippen LogP contribution in [0.25, 0.3) is 22.0 Å². The van der Waals surface area contributed by atoms with Crippen molar-refractivity contribution in [2.24, 2.45) is 0 Å². The Morgan fingerprint density at radius 3 is 2.26 bits per heavy atom. The maximum absolute atomic E-state index is 13.4. The van der Waals surface area contributed by atoms with Gasteiger partial charge >= 0.3 is 0 Å². The van der Waals surface area contributed by atoms with E-state index in [2.05, 4.69) is 57.7 Å². The standard InChI is InChI=1S/C38H43N5O4/c1-26-27(2)43(17-7-16-42-20-18-41(3)19-21-42)34-11-10-32(25-33(26)34)47-31-9-6-8-29(22-31)38(44)40-30-23-35(45-4)37(36(24-30)46-5)28-12-14-39-15-13-28/h6,8-15,22-25H,7,16-21H2,1-5H3,(H,40,44). The van der Waals surface area contributed by atoms with Gasteiger partial charge in [-0.2, -0.15) is 0 Å². The Hall–Kier alpha value is -4.86. The number of nitrogens with one attached hydrogen (secondary N) is 1. The number of rotatable bonds is 11. The van der Waals surface area contributed by atoms with Gasteiger partial charge in [0, 0.05) is 85.1 Å². The molecule has 1 saturated heterocycles. The first kappa shape index (κ1) is 32.1. The molecule has 0 atom stereocenters. The average molecular weight is 634 g/mol. The molecular weight excluding hydrogens is 590 g/mol. The molecule has 9 heteroatoms. The lowest BCUT2D eigenvalue weighted by Gasteiger charge is -2.32. The Morgan fingerprint density at radius 2 is 1.55 bits per heavy atom. The normalized spacial score (nSPS) is 13.9.